The number of rotatable bonds is 5. The molecule has 9 nitrogen and oxygen atoms in total. The lowest BCUT2D eigenvalue weighted by molar-refractivity contribution is -0.121. The standard InChI is InChI=1S/C23H26N8O/c1-14(2)20-19(21-24-12-7-13-25-21)27-22-17(18(28-31(20)22)23(32)30(5)6)26-15-8-10-16(11-9-15)29(3)4/h7-14H,1-6H3/b26-17-. The molecule has 0 saturated carbocycles. The van der Waals surface area contributed by atoms with Crippen LogP contribution in [0.15, 0.2) is 52.8 Å². The predicted molar refractivity (Wildman–Crippen MR) is 126 cm³/mol. The van der Waals surface area contributed by atoms with Crippen LogP contribution in [0.1, 0.15) is 31.3 Å². The zero-order chi connectivity index (χ0) is 23.0. The van der Waals surface area contributed by atoms with Gasteiger partial charge in [0.1, 0.15) is 11.4 Å². The third kappa shape index (κ3) is 3.77. The Hall–Kier alpha value is -3.88. The number of anilines is 1. The Morgan fingerprint density at radius 3 is 2.25 bits per heavy atom. The summed E-state index contributed by atoms with van der Waals surface area (Å²) in [5.74, 6) is 0.876. The van der Waals surface area contributed by atoms with Crippen LogP contribution in [0.3, 0.4) is 0 Å². The summed E-state index contributed by atoms with van der Waals surface area (Å²) in [5.41, 5.74) is 3.95. The molecule has 0 fully saturated rings. The maximum atomic E-state index is 12.9. The first-order valence-corrected chi connectivity index (χ1v) is 10.4. The lowest BCUT2D eigenvalue weighted by Crippen LogP contribution is -2.34. The van der Waals surface area contributed by atoms with Crippen LogP contribution >= 0.6 is 0 Å². The minimum Gasteiger partial charge on any atom is -0.378 e. The zero-order valence-electron chi connectivity index (χ0n) is 19.1. The summed E-state index contributed by atoms with van der Waals surface area (Å²) in [6.45, 7) is 4.10. The number of carbonyl (C=O) groups is 1. The van der Waals surface area contributed by atoms with E-state index < -0.39 is 0 Å². The molecule has 4 rings (SSSR count). The summed E-state index contributed by atoms with van der Waals surface area (Å²) in [6, 6.07) is 9.55. The third-order valence-electron chi connectivity index (χ3n) is 5.07. The minimum atomic E-state index is -0.230. The molecule has 1 aromatic carbocycles. The smallest absolute Gasteiger partial charge is 0.276 e. The van der Waals surface area contributed by atoms with Crippen LogP contribution in [-0.4, -0.2) is 70.0 Å². The van der Waals surface area contributed by atoms with Crippen molar-refractivity contribution in [3.05, 3.63) is 54.2 Å². The van der Waals surface area contributed by atoms with E-state index in [0.29, 0.717) is 28.7 Å². The number of hydrogen-bond donors (Lipinski definition) is 0. The summed E-state index contributed by atoms with van der Waals surface area (Å²) in [4.78, 5) is 34.8. The van der Waals surface area contributed by atoms with Gasteiger partial charge in [-0.3, -0.25) is 4.79 Å². The van der Waals surface area contributed by atoms with Crippen molar-refractivity contribution in [3.63, 3.8) is 0 Å². The number of benzene rings is 1. The first kappa shape index (κ1) is 21.4. The highest BCUT2D eigenvalue weighted by Gasteiger charge is 2.35. The summed E-state index contributed by atoms with van der Waals surface area (Å²) in [6.07, 6.45) is 3.37. The fourth-order valence-electron chi connectivity index (χ4n) is 3.45. The van der Waals surface area contributed by atoms with Crippen LogP contribution in [0.4, 0.5) is 11.4 Å². The molecule has 32 heavy (non-hydrogen) atoms. The second kappa shape index (κ2) is 8.33. The molecule has 0 unspecified atom stereocenters. The maximum Gasteiger partial charge on any atom is 0.276 e. The molecule has 1 aliphatic rings. The van der Waals surface area contributed by atoms with Crippen LogP contribution in [0.5, 0.6) is 0 Å². The van der Waals surface area contributed by atoms with Gasteiger partial charge in [-0.05, 0) is 36.2 Å². The molecule has 0 bridgehead atoms. The van der Waals surface area contributed by atoms with E-state index >= 15 is 0 Å². The molecule has 2 aromatic heterocycles. The van der Waals surface area contributed by atoms with Gasteiger partial charge in [0.05, 0.1) is 11.4 Å². The Balaban J connectivity index is 1.90. The number of amides is 1. The Labute approximate surface area is 187 Å². The number of carbonyl (C=O) groups excluding carboxylic acids is 1. The molecule has 0 radical (unpaired) electrons. The monoisotopic (exact) mass is 430 g/mol. The van der Waals surface area contributed by atoms with Crippen LogP contribution in [0.25, 0.3) is 11.5 Å². The average Bonchev–Trinajstić information content (AvgIpc) is 3.31. The SMILES string of the molecule is CC(C)c1c(-c2ncccn2)nc2n1N=C(C(=O)N(C)C)/C2=N/c1ccc(N(C)C)cc1. The molecule has 3 heterocycles. The Kier molecular flexibility index (Phi) is 5.56. The highest BCUT2D eigenvalue weighted by atomic mass is 16.2. The number of imidazole rings is 1. The van der Waals surface area contributed by atoms with Crippen molar-refractivity contribution in [3.8, 4) is 11.5 Å². The van der Waals surface area contributed by atoms with E-state index in [0.717, 1.165) is 11.4 Å². The van der Waals surface area contributed by atoms with Crippen LogP contribution in [0, 0.1) is 0 Å². The van der Waals surface area contributed by atoms with Crippen molar-refractivity contribution in [2.75, 3.05) is 33.1 Å². The predicted octanol–water partition coefficient (Wildman–Crippen LogP) is 2.96. The van der Waals surface area contributed by atoms with Crippen molar-refractivity contribution in [2.24, 2.45) is 10.1 Å². The van der Waals surface area contributed by atoms with Gasteiger partial charge in [-0.2, -0.15) is 5.10 Å². The first-order chi connectivity index (χ1) is 15.3. The van der Waals surface area contributed by atoms with Crippen molar-refractivity contribution < 1.29 is 4.79 Å². The third-order valence-corrected chi connectivity index (χ3v) is 5.07. The highest BCUT2D eigenvalue weighted by molar-refractivity contribution is 6.70. The fourth-order valence-corrected chi connectivity index (χ4v) is 3.45. The molecule has 0 N–H and O–H groups in total. The number of nitrogens with zero attached hydrogens (tertiary/aromatic N) is 8. The molecule has 3 aromatic rings. The minimum absolute atomic E-state index is 0.0771. The molecule has 0 spiro atoms. The van der Waals surface area contributed by atoms with Crippen LogP contribution in [0.2, 0.25) is 0 Å². The number of fused-ring (bicyclic) bond motifs is 1. The van der Waals surface area contributed by atoms with Gasteiger partial charge in [-0.1, -0.05) is 13.8 Å². The normalized spacial score (nSPS) is 14.0. The van der Waals surface area contributed by atoms with E-state index in [4.69, 9.17) is 9.98 Å². The van der Waals surface area contributed by atoms with Gasteiger partial charge in [-0.15, -0.1) is 0 Å². The van der Waals surface area contributed by atoms with E-state index in [2.05, 4.69) is 28.9 Å². The van der Waals surface area contributed by atoms with Gasteiger partial charge in [0, 0.05) is 46.3 Å². The molecule has 9 heteroatoms. The molecule has 0 aliphatic carbocycles. The number of hydrogen-bond acceptors (Lipinski definition) is 7. The maximum absolute atomic E-state index is 12.9. The van der Waals surface area contributed by atoms with E-state index in [1.54, 1.807) is 37.2 Å². The Bertz CT molecular complexity index is 1200. The second-order valence-corrected chi connectivity index (χ2v) is 8.23. The zero-order valence-corrected chi connectivity index (χ0v) is 19.1. The molecule has 164 valence electrons. The lowest BCUT2D eigenvalue weighted by Gasteiger charge is -2.12. The molecular weight excluding hydrogens is 404 g/mol. The van der Waals surface area contributed by atoms with Crippen molar-refractivity contribution in [1.29, 1.82) is 0 Å². The molecule has 1 aliphatic heterocycles. The summed E-state index contributed by atoms with van der Waals surface area (Å²) < 4.78 is 1.71. The van der Waals surface area contributed by atoms with E-state index in [9.17, 15) is 4.79 Å². The number of aliphatic imine (C=N–C) groups is 1. The summed E-state index contributed by atoms with van der Waals surface area (Å²) in [7, 11) is 7.36. The quantitative estimate of drug-likeness (QED) is 0.621. The van der Waals surface area contributed by atoms with E-state index in [-0.39, 0.29) is 17.5 Å². The highest BCUT2D eigenvalue weighted by Crippen LogP contribution is 2.31. The Morgan fingerprint density at radius 1 is 1.03 bits per heavy atom. The van der Waals surface area contributed by atoms with Crippen molar-refractivity contribution in [1.82, 2.24) is 24.5 Å². The molecule has 0 saturated heterocycles. The van der Waals surface area contributed by atoms with Gasteiger partial charge in [0.2, 0.25) is 0 Å². The lowest BCUT2D eigenvalue weighted by atomic mass is 10.1. The van der Waals surface area contributed by atoms with Gasteiger partial charge >= 0.3 is 0 Å². The van der Waals surface area contributed by atoms with Crippen molar-refractivity contribution in [2.45, 2.75) is 19.8 Å². The molecule has 0 atom stereocenters. The van der Waals surface area contributed by atoms with Crippen molar-refractivity contribution >= 4 is 28.7 Å². The van der Waals surface area contributed by atoms with Crippen LogP contribution < -0.4 is 4.90 Å². The molecular formula is C23H26N8O. The number of aromatic nitrogens is 4. The largest absolute Gasteiger partial charge is 0.378 e. The summed E-state index contributed by atoms with van der Waals surface area (Å²) >= 11 is 0. The van der Waals surface area contributed by atoms with E-state index in [1.807, 2.05) is 43.3 Å². The Morgan fingerprint density at radius 2 is 1.69 bits per heavy atom. The first-order valence-electron chi connectivity index (χ1n) is 10.4. The van der Waals surface area contributed by atoms with E-state index in [1.165, 1.54) is 4.90 Å². The topological polar surface area (TPSA) is 91.9 Å². The molecule has 1 amide bonds. The fraction of sp³-hybridized carbons (Fsp3) is 0.304. The van der Waals surface area contributed by atoms with Gasteiger partial charge in [0.15, 0.2) is 17.4 Å². The van der Waals surface area contributed by atoms with Gasteiger partial charge < -0.3 is 9.80 Å². The van der Waals surface area contributed by atoms with Gasteiger partial charge in [0.25, 0.3) is 5.91 Å². The second-order valence-electron chi connectivity index (χ2n) is 8.23. The van der Waals surface area contributed by atoms with Crippen LogP contribution in [-0.2, 0) is 4.79 Å². The van der Waals surface area contributed by atoms with Gasteiger partial charge in [-0.25, -0.2) is 24.6 Å². The summed E-state index contributed by atoms with van der Waals surface area (Å²) in [5, 5.41) is 4.65. The average molecular weight is 431 g/mol.